The van der Waals surface area contributed by atoms with Crippen molar-refractivity contribution in [3.63, 3.8) is 0 Å². The van der Waals surface area contributed by atoms with Crippen LogP contribution in [-0.4, -0.2) is 14.1 Å². The Morgan fingerprint density at radius 1 is 0.871 bits per heavy atom. The molecule has 0 radical (unpaired) electrons. The molecule has 2 atom stereocenters. The van der Waals surface area contributed by atoms with Gasteiger partial charge in [0.25, 0.3) is 0 Å². The van der Waals surface area contributed by atoms with Crippen LogP contribution in [0.15, 0.2) is 69.1 Å². The fourth-order valence-corrected chi connectivity index (χ4v) is 6.43. The van der Waals surface area contributed by atoms with E-state index in [-0.39, 0.29) is 0 Å². The largest absolute Gasteiger partial charge is 0.377 e. The first-order valence-corrected chi connectivity index (χ1v) is 12.5. The Labute approximate surface area is 202 Å². The van der Waals surface area contributed by atoms with Crippen molar-refractivity contribution >= 4 is 43.6 Å². The number of allylic oxidation sites excluding steroid dienone is 1. The highest BCUT2D eigenvalue weighted by Crippen LogP contribution is 2.53. The maximum Gasteiger partial charge on any atom is 0.0437 e. The highest BCUT2D eigenvalue weighted by Gasteiger charge is 2.35. The predicted octanol–water partition coefficient (Wildman–Crippen LogP) is 8.62. The second-order valence-corrected chi connectivity index (χ2v) is 11.1. The van der Waals surface area contributed by atoms with E-state index >= 15 is 0 Å². The third-order valence-electron chi connectivity index (χ3n) is 7.06. The quantitative estimate of drug-likeness (QED) is 0.322. The van der Waals surface area contributed by atoms with Crippen molar-refractivity contribution in [2.45, 2.75) is 32.1 Å². The molecule has 2 aliphatic rings. The number of fused-ring (bicyclic) bond motifs is 4. The van der Waals surface area contributed by atoms with E-state index in [0.29, 0.717) is 17.8 Å². The monoisotopic (exact) mass is 535 g/mol. The molecule has 0 fully saturated rings. The van der Waals surface area contributed by atoms with E-state index < -0.39 is 0 Å². The zero-order valence-corrected chi connectivity index (χ0v) is 21.6. The van der Waals surface area contributed by atoms with Crippen molar-refractivity contribution in [1.29, 1.82) is 0 Å². The molecule has 3 aromatic rings. The van der Waals surface area contributed by atoms with Gasteiger partial charge < -0.3 is 4.90 Å². The van der Waals surface area contributed by atoms with Crippen molar-refractivity contribution in [3.05, 3.63) is 91.4 Å². The average molecular weight is 537 g/mol. The number of anilines is 1. The first-order valence-electron chi connectivity index (χ1n) is 10.9. The van der Waals surface area contributed by atoms with Gasteiger partial charge in [0.05, 0.1) is 0 Å². The molecule has 0 heterocycles. The second kappa shape index (κ2) is 7.94. The molecule has 31 heavy (non-hydrogen) atoms. The summed E-state index contributed by atoms with van der Waals surface area (Å²) in [5.41, 5.74) is 11.4. The average Bonchev–Trinajstić information content (AvgIpc) is 3.21. The van der Waals surface area contributed by atoms with Crippen molar-refractivity contribution in [1.82, 2.24) is 0 Å². The zero-order valence-electron chi connectivity index (χ0n) is 18.4. The van der Waals surface area contributed by atoms with Gasteiger partial charge in [0.2, 0.25) is 0 Å². The molecule has 0 N–H and O–H groups in total. The maximum absolute atomic E-state index is 3.72. The van der Waals surface area contributed by atoms with Crippen LogP contribution < -0.4 is 4.90 Å². The molecule has 5 rings (SSSR count). The van der Waals surface area contributed by atoms with Crippen molar-refractivity contribution in [2.75, 3.05) is 19.0 Å². The number of benzene rings is 3. The molecule has 3 aromatic carbocycles. The Kier molecular flexibility index (Phi) is 5.38. The first kappa shape index (κ1) is 21.0. The molecule has 1 nitrogen and oxygen atoms in total. The van der Waals surface area contributed by atoms with Crippen LogP contribution in [0.3, 0.4) is 0 Å². The van der Waals surface area contributed by atoms with Gasteiger partial charge in [0.1, 0.15) is 0 Å². The molecule has 0 aromatic heterocycles. The summed E-state index contributed by atoms with van der Waals surface area (Å²) < 4.78 is 2.32. The minimum absolute atomic E-state index is 0.411. The molecule has 0 spiro atoms. The smallest absolute Gasteiger partial charge is 0.0437 e. The number of nitrogens with zero attached hydrogens (tertiary/aromatic N) is 1. The topological polar surface area (TPSA) is 3.24 Å². The molecule has 3 heteroatoms. The van der Waals surface area contributed by atoms with Crippen molar-refractivity contribution < 1.29 is 0 Å². The summed E-state index contributed by atoms with van der Waals surface area (Å²) in [7, 11) is 4.27. The molecule has 0 amide bonds. The lowest BCUT2D eigenvalue weighted by atomic mass is 9.78. The number of hydrogen-bond acceptors (Lipinski definition) is 1. The fourth-order valence-electron chi connectivity index (χ4n) is 5.67. The summed E-state index contributed by atoms with van der Waals surface area (Å²) in [6.07, 6.45) is 3.56. The van der Waals surface area contributed by atoms with Gasteiger partial charge in [0.15, 0.2) is 0 Å². The third kappa shape index (κ3) is 3.50. The molecular formula is C28H27Br2N. The van der Waals surface area contributed by atoms with E-state index in [1.807, 2.05) is 0 Å². The SMILES string of the molecule is CC1=Cc2c(cccc2N(C)C)C1CC(C)C1c2cc(Br)ccc2-c2ccc(Br)cc21. The van der Waals surface area contributed by atoms with E-state index in [1.165, 1.54) is 44.6 Å². The minimum Gasteiger partial charge on any atom is -0.377 e. The minimum atomic E-state index is 0.411. The van der Waals surface area contributed by atoms with Crippen LogP contribution in [0.25, 0.3) is 17.2 Å². The second-order valence-electron chi connectivity index (χ2n) is 9.27. The molecule has 0 aliphatic heterocycles. The van der Waals surface area contributed by atoms with Gasteiger partial charge in [-0.15, -0.1) is 0 Å². The van der Waals surface area contributed by atoms with Gasteiger partial charge in [0, 0.05) is 46.1 Å². The van der Waals surface area contributed by atoms with Crippen LogP contribution in [0, 0.1) is 5.92 Å². The summed E-state index contributed by atoms with van der Waals surface area (Å²) >= 11 is 7.44. The fraction of sp³-hybridized carbons (Fsp3) is 0.286. The van der Waals surface area contributed by atoms with E-state index in [4.69, 9.17) is 0 Å². The zero-order chi connectivity index (χ0) is 21.9. The summed E-state index contributed by atoms with van der Waals surface area (Å²) in [4.78, 5) is 2.23. The van der Waals surface area contributed by atoms with Crippen LogP contribution >= 0.6 is 31.9 Å². The Morgan fingerprint density at radius 2 is 1.48 bits per heavy atom. The molecule has 2 aliphatic carbocycles. The number of halogens is 2. The molecule has 2 unspecified atom stereocenters. The van der Waals surface area contributed by atoms with Crippen LogP contribution in [0.1, 0.15) is 54.4 Å². The van der Waals surface area contributed by atoms with Gasteiger partial charge >= 0.3 is 0 Å². The number of hydrogen-bond donors (Lipinski definition) is 0. The van der Waals surface area contributed by atoms with E-state index in [1.54, 1.807) is 0 Å². The Bertz CT molecular complexity index is 1160. The van der Waals surface area contributed by atoms with Crippen LogP contribution in [0.4, 0.5) is 5.69 Å². The van der Waals surface area contributed by atoms with E-state index in [0.717, 1.165) is 15.4 Å². The van der Waals surface area contributed by atoms with Crippen molar-refractivity contribution in [2.24, 2.45) is 5.92 Å². The lowest BCUT2D eigenvalue weighted by molar-refractivity contribution is 0.453. The first-order chi connectivity index (χ1) is 14.8. The normalized spacial score (nSPS) is 17.7. The Hall–Kier alpha value is -1.84. The molecular weight excluding hydrogens is 510 g/mol. The van der Waals surface area contributed by atoms with Gasteiger partial charge in [-0.1, -0.05) is 74.7 Å². The van der Waals surface area contributed by atoms with Gasteiger partial charge in [-0.3, -0.25) is 0 Å². The van der Waals surface area contributed by atoms with Gasteiger partial charge in [-0.2, -0.15) is 0 Å². The lowest BCUT2D eigenvalue weighted by Crippen LogP contribution is -2.14. The number of rotatable bonds is 4. The molecule has 0 saturated carbocycles. The Morgan fingerprint density at radius 3 is 2.06 bits per heavy atom. The summed E-state index contributed by atoms with van der Waals surface area (Å²) in [5, 5.41) is 0. The molecule has 0 bridgehead atoms. The molecule has 0 saturated heterocycles. The highest BCUT2D eigenvalue weighted by molar-refractivity contribution is 9.10. The van der Waals surface area contributed by atoms with E-state index in [9.17, 15) is 0 Å². The molecule has 158 valence electrons. The standard InChI is InChI=1S/C28H27Br2N/c1-16-12-24-20(6-5-7-27(24)31(3)4)23(16)13-17(2)28-25-14-18(29)8-10-21(25)22-11-9-19(30)15-26(22)28/h5-12,14-15,17,23,28H,13H2,1-4H3. The summed E-state index contributed by atoms with van der Waals surface area (Å²) in [6, 6.07) is 20.3. The van der Waals surface area contributed by atoms with Crippen LogP contribution in [0.2, 0.25) is 0 Å². The predicted molar refractivity (Wildman–Crippen MR) is 140 cm³/mol. The Balaban J connectivity index is 1.54. The van der Waals surface area contributed by atoms with E-state index in [2.05, 4.69) is 125 Å². The van der Waals surface area contributed by atoms with Crippen molar-refractivity contribution in [3.8, 4) is 11.1 Å². The van der Waals surface area contributed by atoms with Gasteiger partial charge in [-0.25, -0.2) is 0 Å². The lowest BCUT2D eigenvalue weighted by Gasteiger charge is -2.27. The third-order valence-corrected chi connectivity index (χ3v) is 8.05. The summed E-state index contributed by atoms with van der Waals surface area (Å²) in [5.74, 6) is 1.41. The van der Waals surface area contributed by atoms with Crippen LogP contribution in [-0.2, 0) is 0 Å². The van der Waals surface area contributed by atoms with Gasteiger partial charge in [-0.05, 0) is 77.4 Å². The summed E-state index contributed by atoms with van der Waals surface area (Å²) in [6.45, 7) is 4.74. The highest BCUT2D eigenvalue weighted by atomic mass is 79.9. The maximum atomic E-state index is 3.72. The van der Waals surface area contributed by atoms with Crippen LogP contribution in [0.5, 0.6) is 0 Å².